The van der Waals surface area contributed by atoms with Crippen molar-refractivity contribution in [1.29, 1.82) is 0 Å². The minimum atomic E-state index is -0.221. The molecule has 0 aliphatic carbocycles. The third-order valence-corrected chi connectivity index (χ3v) is 2.92. The summed E-state index contributed by atoms with van der Waals surface area (Å²) in [5, 5.41) is 0. The highest BCUT2D eigenvalue weighted by Gasteiger charge is 2.05. The topological polar surface area (TPSA) is 26.3 Å². The quantitative estimate of drug-likeness (QED) is 0.616. The van der Waals surface area contributed by atoms with E-state index in [2.05, 4.69) is 20.7 Å². The standard InChI is InChI=1S/C12H14BrClO2/c1-16-12(15)8-10-5-9(3-2-4-14)6-11(13)7-10/h5-7H,2-4,8H2,1H3. The van der Waals surface area contributed by atoms with E-state index in [-0.39, 0.29) is 5.97 Å². The monoisotopic (exact) mass is 304 g/mol. The second-order valence-corrected chi connectivity index (χ2v) is 4.81. The number of carbonyl (C=O) groups is 1. The van der Waals surface area contributed by atoms with E-state index in [4.69, 9.17) is 11.6 Å². The average Bonchev–Trinajstić information content (AvgIpc) is 2.25. The van der Waals surface area contributed by atoms with Crippen LogP contribution >= 0.6 is 27.5 Å². The number of rotatable bonds is 5. The van der Waals surface area contributed by atoms with Crippen LogP contribution in [0.5, 0.6) is 0 Å². The Morgan fingerprint density at radius 1 is 1.38 bits per heavy atom. The average molecular weight is 306 g/mol. The van der Waals surface area contributed by atoms with Crippen LogP contribution in [-0.4, -0.2) is 19.0 Å². The van der Waals surface area contributed by atoms with Gasteiger partial charge in [-0.05, 0) is 36.1 Å². The number of ether oxygens (including phenoxy) is 1. The molecule has 16 heavy (non-hydrogen) atoms. The zero-order valence-corrected chi connectivity index (χ0v) is 11.5. The van der Waals surface area contributed by atoms with Crippen molar-refractivity contribution in [2.45, 2.75) is 19.3 Å². The lowest BCUT2D eigenvalue weighted by Crippen LogP contribution is -2.05. The predicted molar refractivity (Wildman–Crippen MR) is 68.9 cm³/mol. The maximum absolute atomic E-state index is 11.2. The number of hydrogen-bond donors (Lipinski definition) is 0. The third-order valence-electron chi connectivity index (χ3n) is 2.19. The molecule has 0 saturated heterocycles. The first-order valence-electron chi connectivity index (χ1n) is 5.07. The first kappa shape index (κ1) is 13.5. The fourth-order valence-corrected chi connectivity index (χ4v) is 2.20. The van der Waals surface area contributed by atoms with E-state index in [1.165, 1.54) is 12.7 Å². The van der Waals surface area contributed by atoms with E-state index in [1.807, 2.05) is 18.2 Å². The minimum absolute atomic E-state index is 0.221. The Balaban J connectivity index is 2.77. The minimum Gasteiger partial charge on any atom is -0.469 e. The Hall–Kier alpha value is -0.540. The Labute approximate surface area is 109 Å². The summed E-state index contributed by atoms with van der Waals surface area (Å²) in [6.45, 7) is 0. The van der Waals surface area contributed by atoms with Gasteiger partial charge in [-0.2, -0.15) is 0 Å². The first-order valence-corrected chi connectivity index (χ1v) is 6.39. The van der Waals surface area contributed by atoms with Gasteiger partial charge in [0.2, 0.25) is 0 Å². The van der Waals surface area contributed by atoms with E-state index < -0.39 is 0 Å². The summed E-state index contributed by atoms with van der Waals surface area (Å²) in [7, 11) is 1.40. The molecule has 0 saturated carbocycles. The highest BCUT2D eigenvalue weighted by atomic mass is 79.9. The highest BCUT2D eigenvalue weighted by molar-refractivity contribution is 9.10. The van der Waals surface area contributed by atoms with Crippen LogP contribution in [0.3, 0.4) is 0 Å². The van der Waals surface area contributed by atoms with Crippen molar-refractivity contribution < 1.29 is 9.53 Å². The summed E-state index contributed by atoms with van der Waals surface area (Å²) < 4.78 is 5.62. The van der Waals surface area contributed by atoms with Gasteiger partial charge in [0, 0.05) is 10.4 Å². The summed E-state index contributed by atoms with van der Waals surface area (Å²) >= 11 is 9.08. The van der Waals surface area contributed by atoms with Crippen molar-refractivity contribution >= 4 is 33.5 Å². The maximum Gasteiger partial charge on any atom is 0.309 e. The van der Waals surface area contributed by atoms with E-state index in [1.54, 1.807) is 0 Å². The lowest BCUT2D eigenvalue weighted by molar-refractivity contribution is -0.139. The lowest BCUT2D eigenvalue weighted by Gasteiger charge is -2.05. The van der Waals surface area contributed by atoms with Crippen molar-refractivity contribution in [2.24, 2.45) is 0 Å². The molecular formula is C12H14BrClO2. The van der Waals surface area contributed by atoms with E-state index in [9.17, 15) is 4.79 Å². The molecule has 0 bridgehead atoms. The normalized spacial score (nSPS) is 10.2. The molecule has 88 valence electrons. The van der Waals surface area contributed by atoms with Crippen molar-refractivity contribution in [3.8, 4) is 0 Å². The van der Waals surface area contributed by atoms with Gasteiger partial charge in [0.05, 0.1) is 13.5 Å². The number of carbonyl (C=O) groups excluding carboxylic acids is 1. The summed E-state index contributed by atoms with van der Waals surface area (Å²) in [5.41, 5.74) is 2.15. The smallest absolute Gasteiger partial charge is 0.309 e. The highest BCUT2D eigenvalue weighted by Crippen LogP contribution is 2.18. The van der Waals surface area contributed by atoms with Crippen LogP contribution < -0.4 is 0 Å². The fourth-order valence-electron chi connectivity index (χ4n) is 1.47. The summed E-state index contributed by atoms with van der Waals surface area (Å²) in [6.07, 6.45) is 2.18. The number of esters is 1. The third kappa shape index (κ3) is 4.54. The number of halogens is 2. The predicted octanol–water partition coefficient (Wildman–Crippen LogP) is 3.34. The molecule has 1 rings (SSSR count). The molecule has 1 aromatic rings. The van der Waals surface area contributed by atoms with Crippen molar-refractivity contribution in [3.05, 3.63) is 33.8 Å². The van der Waals surface area contributed by atoms with Gasteiger partial charge >= 0.3 is 5.97 Å². The number of benzene rings is 1. The summed E-state index contributed by atoms with van der Waals surface area (Å²) in [5.74, 6) is 0.431. The number of methoxy groups -OCH3 is 1. The summed E-state index contributed by atoms with van der Waals surface area (Å²) in [4.78, 5) is 11.2. The molecule has 0 radical (unpaired) electrons. The molecule has 0 fully saturated rings. The van der Waals surface area contributed by atoms with Crippen molar-refractivity contribution in [3.63, 3.8) is 0 Å². The molecule has 4 heteroatoms. The number of alkyl halides is 1. The van der Waals surface area contributed by atoms with Gasteiger partial charge in [0.25, 0.3) is 0 Å². The molecule has 0 aliphatic rings. The van der Waals surface area contributed by atoms with E-state index in [0.717, 1.165) is 22.9 Å². The van der Waals surface area contributed by atoms with Crippen LogP contribution in [0.25, 0.3) is 0 Å². The van der Waals surface area contributed by atoms with E-state index >= 15 is 0 Å². The molecule has 0 aromatic heterocycles. The van der Waals surface area contributed by atoms with Gasteiger partial charge in [0.1, 0.15) is 0 Å². The zero-order chi connectivity index (χ0) is 12.0. The molecule has 0 unspecified atom stereocenters. The van der Waals surface area contributed by atoms with Crippen LogP contribution in [-0.2, 0) is 22.4 Å². The second kappa shape index (κ2) is 6.92. The van der Waals surface area contributed by atoms with Crippen LogP contribution in [0, 0.1) is 0 Å². The Bertz CT molecular complexity index is 366. The lowest BCUT2D eigenvalue weighted by atomic mass is 10.1. The molecule has 0 spiro atoms. The number of aryl methyl sites for hydroxylation is 1. The SMILES string of the molecule is COC(=O)Cc1cc(Br)cc(CCCCl)c1. The first-order chi connectivity index (χ1) is 7.65. The molecule has 0 aliphatic heterocycles. The fraction of sp³-hybridized carbons (Fsp3) is 0.417. The molecule has 0 atom stereocenters. The Kier molecular flexibility index (Phi) is 5.85. The van der Waals surface area contributed by atoms with Crippen LogP contribution in [0.2, 0.25) is 0 Å². The number of hydrogen-bond acceptors (Lipinski definition) is 2. The molecule has 1 aromatic carbocycles. The van der Waals surface area contributed by atoms with Crippen LogP contribution in [0.15, 0.2) is 22.7 Å². The molecule has 2 nitrogen and oxygen atoms in total. The molecule has 0 heterocycles. The van der Waals surface area contributed by atoms with Gasteiger partial charge in [-0.15, -0.1) is 11.6 Å². The van der Waals surface area contributed by atoms with E-state index in [0.29, 0.717) is 12.3 Å². The van der Waals surface area contributed by atoms with Gasteiger partial charge in [-0.1, -0.05) is 22.0 Å². The zero-order valence-electron chi connectivity index (χ0n) is 9.13. The maximum atomic E-state index is 11.2. The van der Waals surface area contributed by atoms with Crippen LogP contribution in [0.1, 0.15) is 17.5 Å². The van der Waals surface area contributed by atoms with Crippen molar-refractivity contribution in [1.82, 2.24) is 0 Å². The largest absolute Gasteiger partial charge is 0.469 e. The van der Waals surface area contributed by atoms with Gasteiger partial charge < -0.3 is 4.74 Å². The van der Waals surface area contributed by atoms with Crippen LogP contribution in [0.4, 0.5) is 0 Å². The molecule has 0 amide bonds. The molecule has 0 N–H and O–H groups in total. The Morgan fingerprint density at radius 3 is 2.69 bits per heavy atom. The van der Waals surface area contributed by atoms with Gasteiger partial charge in [0.15, 0.2) is 0 Å². The van der Waals surface area contributed by atoms with Gasteiger partial charge in [-0.25, -0.2) is 0 Å². The Morgan fingerprint density at radius 2 is 2.06 bits per heavy atom. The van der Waals surface area contributed by atoms with Gasteiger partial charge in [-0.3, -0.25) is 4.79 Å². The summed E-state index contributed by atoms with van der Waals surface area (Å²) in [6, 6.07) is 6.00. The molecular weight excluding hydrogens is 291 g/mol. The second-order valence-electron chi connectivity index (χ2n) is 3.51. The van der Waals surface area contributed by atoms with Crippen molar-refractivity contribution in [2.75, 3.05) is 13.0 Å².